The van der Waals surface area contributed by atoms with Crippen LogP contribution in [0, 0.1) is 5.92 Å². The molecule has 0 aliphatic heterocycles. The smallest absolute Gasteiger partial charge is 0.223 e. The fourth-order valence-electron chi connectivity index (χ4n) is 4.71. The molecule has 1 aliphatic rings. The number of hydrogen-bond donors (Lipinski definition) is 0. The van der Waals surface area contributed by atoms with E-state index >= 15 is 0 Å². The summed E-state index contributed by atoms with van der Waals surface area (Å²) in [4.78, 5) is 22.2. The Balaban J connectivity index is 1.73. The fraction of sp³-hybridized carbons (Fsp3) is 0.462. The Morgan fingerprint density at radius 1 is 1.09 bits per heavy atom. The van der Waals surface area contributed by atoms with Crippen LogP contribution in [0.15, 0.2) is 41.0 Å². The van der Waals surface area contributed by atoms with Crippen molar-refractivity contribution in [2.24, 2.45) is 5.92 Å². The summed E-state index contributed by atoms with van der Waals surface area (Å²) < 4.78 is 16.7. The molecule has 2 aromatic heterocycles. The lowest BCUT2D eigenvalue weighted by molar-refractivity contribution is -0.133. The van der Waals surface area contributed by atoms with Gasteiger partial charge in [0.15, 0.2) is 0 Å². The van der Waals surface area contributed by atoms with Crippen LogP contribution in [0.25, 0.3) is 10.9 Å². The van der Waals surface area contributed by atoms with Crippen molar-refractivity contribution in [3.05, 3.63) is 47.9 Å². The highest BCUT2D eigenvalue weighted by Gasteiger charge is 2.25. The molecule has 33 heavy (non-hydrogen) atoms. The summed E-state index contributed by atoms with van der Waals surface area (Å²) in [5.74, 6) is 3.61. The molecule has 3 aromatic rings. The lowest BCUT2D eigenvalue weighted by atomic mass is 10.0. The number of rotatable bonds is 9. The summed E-state index contributed by atoms with van der Waals surface area (Å²) in [7, 11) is 7.21. The first-order valence-electron chi connectivity index (χ1n) is 11.5. The van der Waals surface area contributed by atoms with Gasteiger partial charge in [-0.25, -0.2) is 4.98 Å². The van der Waals surface area contributed by atoms with Gasteiger partial charge in [-0.15, -0.1) is 0 Å². The second-order valence-corrected chi connectivity index (χ2v) is 8.92. The highest BCUT2D eigenvalue weighted by atomic mass is 16.5. The normalized spacial score (nSPS) is 13.9. The first-order valence-corrected chi connectivity index (χ1v) is 11.5. The molecular weight excluding hydrogens is 418 g/mol. The number of pyridine rings is 1. The van der Waals surface area contributed by atoms with Crippen LogP contribution in [0.3, 0.4) is 0 Å². The van der Waals surface area contributed by atoms with Gasteiger partial charge in [-0.2, -0.15) is 0 Å². The maximum absolute atomic E-state index is 13.4. The van der Waals surface area contributed by atoms with Crippen LogP contribution in [0.5, 0.6) is 11.5 Å². The first-order chi connectivity index (χ1) is 16.0. The van der Waals surface area contributed by atoms with Crippen molar-refractivity contribution in [1.82, 2.24) is 9.88 Å². The van der Waals surface area contributed by atoms with Crippen LogP contribution < -0.4 is 14.4 Å². The summed E-state index contributed by atoms with van der Waals surface area (Å²) >= 11 is 0. The van der Waals surface area contributed by atoms with E-state index in [-0.39, 0.29) is 5.91 Å². The minimum absolute atomic E-state index is 0.153. The van der Waals surface area contributed by atoms with Gasteiger partial charge in [-0.05, 0) is 49.1 Å². The molecule has 1 aliphatic carbocycles. The number of nitrogens with zero attached hydrogens (tertiary/aromatic N) is 3. The van der Waals surface area contributed by atoms with Crippen molar-refractivity contribution < 1.29 is 18.7 Å². The van der Waals surface area contributed by atoms with E-state index in [9.17, 15) is 4.79 Å². The quantitative estimate of drug-likeness (QED) is 0.455. The van der Waals surface area contributed by atoms with E-state index in [0.29, 0.717) is 31.2 Å². The average molecular weight is 452 g/mol. The molecule has 0 bridgehead atoms. The fourth-order valence-corrected chi connectivity index (χ4v) is 4.71. The molecule has 2 heterocycles. The van der Waals surface area contributed by atoms with Gasteiger partial charge < -0.3 is 23.7 Å². The first kappa shape index (κ1) is 23.0. The van der Waals surface area contributed by atoms with Crippen molar-refractivity contribution in [1.29, 1.82) is 0 Å². The van der Waals surface area contributed by atoms with Gasteiger partial charge in [-0.3, -0.25) is 4.79 Å². The predicted molar refractivity (Wildman–Crippen MR) is 129 cm³/mol. The Morgan fingerprint density at radius 3 is 2.45 bits per heavy atom. The van der Waals surface area contributed by atoms with Crippen molar-refractivity contribution in [2.45, 2.75) is 45.2 Å². The lowest BCUT2D eigenvalue weighted by Gasteiger charge is -2.26. The van der Waals surface area contributed by atoms with Crippen LogP contribution in [0.1, 0.15) is 43.4 Å². The van der Waals surface area contributed by atoms with Gasteiger partial charge >= 0.3 is 0 Å². The number of benzene rings is 1. The van der Waals surface area contributed by atoms with Gasteiger partial charge in [-0.1, -0.05) is 12.8 Å². The summed E-state index contributed by atoms with van der Waals surface area (Å²) in [6.07, 6.45) is 6.94. The second kappa shape index (κ2) is 10.1. The average Bonchev–Trinajstić information content (AvgIpc) is 3.51. The summed E-state index contributed by atoms with van der Waals surface area (Å²) in [6, 6.07) is 9.58. The Kier molecular flexibility index (Phi) is 7.06. The SMILES string of the molecule is COc1ccc(OC)c2nc(N(C)C)c(CN(Cc3ccco3)C(=O)CC3CCCC3)cc12. The van der Waals surface area contributed by atoms with Gasteiger partial charge in [0.25, 0.3) is 0 Å². The van der Waals surface area contributed by atoms with Crippen molar-refractivity contribution >= 4 is 22.6 Å². The van der Waals surface area contributed by atoms with E-state index in [2.05, 4.69) is 6.07 Å². The number of ether oxygens (including phenoxy) is 2. The van der Waals surface area contributed by atoms with Gasteiger partial charge in [0.2, 0.25) is 5.91 Å². The molecule has 7 heteroatoms. The number of carbonyl (C=O) groups is 1. The molecule has 0 atom stereocenters. The lowest BCUT2D eigenvalue weighted by Crippen LogP contribution is -2.32. The van der Waals surface area contributed by atoms with Gasteiger partial charge in [0.05, 0.1) is 27.0 Å². The third-order valence-corrected chi connectivity index (χ3v) is 6.41. The van der Waals surface area contributed by atoms with Crippen LogP contribution in [0.2, 0.25) is 0 Å². The summed E-state index contributed by atoms with van der Waals surface area (Å²) in [5, 5.41) is 0.860. The molecule has 176 valence electrons. The molecule has 4 rings (SSSR count). The number of fused-ring (bicyclic) bond motifs is 1. The number of aromatic nitrogens is 1. The molecule has 0 radical (unpaired) electrons. The van der Waals surface area contributed by atoms with Gasteiger partial charge in [0.1, 0.15) is 28.6 Å². The van der Waals surface area contributed by atoms with Crippen molar-refractivity contribution in [2.75, 3.05) is 33.2 Å². The van der Waals surface area contributed by atoms with E-state index in [0.717, 1.165) is 46.6 Å². The Labute approximate surface area is 195 Å². The third-order valence-electron chi connectivity index (χ3n) is 6.41. The minimum atomic E-state index is 0.153. The molecule has 0 N–H and O–H groups in total. The molecule has 0 spiro atoms. The molecule has 0 unspecified atom stereocenters. The minimum Gasteiger partial charge on any atom is -0.496 e. The standard InChI is InChI=1S/C26H33N3O4/c1-28(2)26-19(15-21-22(31-3)11-12-23(32-4)25(21)27-26)16-29(17-20-10-7-13-33-20)24(30)14-18-8-5-6-9-18/h7,10-13,15,18H,5-6,8-9,14,16-17H2,1-4H3. The number of methoxy groups -OCH3 is 2. The van der Waals surface area contributed by atoms with Crippen molar-refractivity contribution in [3.8, 4) is 11.5 Å². The largest absolute Gasteiger partial charge is 0.496 e. The van der Waals surface area contributed by atoms with E-state index in [1.54, 1.807) is 20.5 Å². The maximum Gasteiger partial charge on any atom is 0.223 e. The number of anilines is 1. The van der Waals surface area contributed by atoms with Crippen LogP contribution in [-0.4, -0.2) is 44.1 Å². The van der Waals surface area contributed by atoms with Crippen LogP contribution in [-0.2, 0) is 17.9 Å². The third kappa shape index (κ3) is 5.07. The summed E-state index contributed by atoms with van der Waals surface area (Å²) in [5.41, 5.74) is 1.68. The van der Waals surface area contributed by atoms with Crippen LogP contribution in [0.4, 0.5) is 5.82 Å². The van der Waals surface area contributed by atoms with Crippen LogP contribution >= 0.6 is 0 Å². The molecular formula is C26H33N3O4. The zero-order chi connectivity index (χ0) is 23.4. The predicted octanol–water partition coefficient (Wildman–Crippen LogP) is 5.02. The Morgan fingerprint density at radius 2 is 1.82 bits per heavy atom. The number of hydrogen-bond acceptors (Lipinski definition) is 6. The number of amides is 1. The Bertz CT molecular complexity index is 1090. The van der Waals surface area contributed by atoms with E-state index in [1.807, 2.05) is 48.2 Å². The maximum atomic E-state index is 13.4. The zero-order valence-electron chi connectivity index (χ0n) is 20.0. The highest BCUT2D eigenvalue weighted by molar-refractivity contribution is 5.92. The topological polar surface area (TPSA) is 68.0 Å². The van der Waals surface area contributed by atoms with E-state index < -0.39 is 0 Å². The van der Waals surface area contributed by atoms with E-state index in [1.165, 1.54) is 12.8 Å². The Hall–Kier alpha value is -3.22. The van der Waals surface area contributed by atoms with Gasteiger partial charge in [0, 0.05) is 38.0 Å². The van der Waals surface area contributed by atoms with E-state index in [4.69, 9.17) is 18.9 Å². The zero-order valence-corrected chi connectivity index (χ0v) is 20.0. The molecule has 1 aromatic carbocycles. The van der Waals surface area contributed by atoms with Crippen molar-refractivity contribution in [3.63, 3.8) is 0 Å². The second-order valence-electron chi connectivity index (χ2n) is 8.92. The number of furan rings is 1. The molecule has 7 nitrogen and oxygen atoms in total. The molecule has 1 saturated carbocycles. The number of carbonyl (C=O) groups excluding carboxylic acids is 1. The molecule has 1 fully saturated rings. The molecule has 1 amide bonds. The monoisotopic (exact) mass is 451 g/mol. The summed E-state index contributed by atoms with van der Waals surface area (Å²) in [6.45, 7) is 0.863. The molecule has 0 saturated heterocycles. The highest BCUT2D eigenvalue weighted by Crippen LogP contribution is 2.36.